The maximum atomic E-state index is 11.6. The molecule has 5 heteroatoms. The minimum absolute atomic E-state index is 0.158. The largest absolute Gasteiger partial charge is 0.371 e. The SMILES string of the molecule is Cc1ccc(C2CN(S(C)(=O)=O)CCO2)c(C)c1. The van der Waals surface area contributed by atoms with E-state index in [1.54, 1.807) is 0 Å². The van der Waals surface area contributed by atoms with Gasteiger partial charge in [-0.3, -0.25) is 0 Å². The van der Waals surface area contributed by atoms with E-state index in [0.29, 0.717) is 19.7 Å². The summed E-state index contributed by atoms with van der Waals surface area (Å²) in [6.45, 7) is 5.38. The van der Waals surface area contributed by atoms with E-state index in [2.05, 4.69) is 6.07 Å². The molecule has 0 radical (unpaired) electrons. The lowest BCUT2D eigenvalue weighted by Gasteiger charge is -2.32. The van der Waals surface area contributed by atoms with Crippen LogP contribution in [0, 0.1) is 13.8 Å². The van der Waals surface area contributed by atoms with Crippen molar-refractivity contribution in [1.29, 1.82) is 0 Å². The normalized spacial score (nSPS) is 22.1. The smallest absolute Gasteiger partial charge is 0.211 e. The quantitative estimate of drug-likeness (QED) is 0.820. The molecule has 0 N–H and O–H groups in total. The number of ether oxygens (including phenoxy) is 1. The molecule has 100 valence electrons. The molecule has 4 nitrogen and oxygen atoms in total. The number of rotatable bonds is 2. The summed E-state index contributed by atoms with van der Waals surface area (Å²) in [5, 5.41) is 0. The third kappa shape index (κ3) is 2.91. The molecule has 0 saturated carbocycles. The van der Waals surface area contributed by atoms with Crippen LogP contribution in [0.1, 0.15) is 22.8 Å². The molecule has 0 bridgehead atoms. The molecule has 1 atom stereocenters. The molecule has 1 aromatic carbocycles. The summed E-state index contributed by atoms with van der Waals surface area (Å²) < 4.78 is 30.3. The maximum Gasteiger partial charge on any atom is 0.211 e. The van der Waals surface area contributed by atoms with E-state index in [4.69, 9.17) is 4.74 Å². The van der Waals surface area contributed by atoms with E-state index in [0.717, 1.165) is 11.1 Å². The zero-order chi connectivity index (χ0) is 13.3. The number of hydrogen-bond acceptors (Lipinski definition) is 3. The Balaban J connectivity index is 2.23. The van der Waals surface area contributed by atoms with Crippen LogP contribution in [0.15, 0.2) is 18.2 Å². The van der Waals surface area contributed by atoms with Crippen LogP contribution < -0.4 is 0 Å². The number of aryl methyl sites for hydroxylation is 2. The minimum atomic E-state index is -3.13. The standard InChI is InChI=1S/C13H19NO3S/c1-10-4-5-12(11(2)8-10)13-9-14(6-7-17-13)18(3,15)16/h4-5,8,13H,6-7,9H2,1-3H3. The molecule has 1 aromatic rings. The highest BCUT2D eigenvalue weighted by atomic mass is 32.2. The van der Waals surface area contributed by atoms with Gasteiger partial charge in [-0.25, -0.2) is 8.42 Å². The van der Waals surface area contributed by atoms with Crippen molar-refractivity contribution < 1.29 is 13.2 Å². The van der Waals surface area contributed by atoms with Crippen molar-refractivity contribution in [3.05, 3.63) is 34.9 Å². The molecule has 1 fully saturated rings. The summed E-state index contributed by atoms with van der Waals surface area (Å²) >= 11 is 0. The van der Waals surface area contributed by atoms with Crippen LogP contribution in [-0.2, 0) is 14.8 Å². The molecule has 2 rings (SSSR count). The zero-order valence-corrected chi connectivity index (χ0v) is 11.8. The number of morpholine rings is 1. The van der Waals surface area contributed by atoms with Crippen molar-refractivity contribution >= 4 is 10.0 Å². The van der Waals surface area contributed by atoms with E-state index in [9.17, 15) is 8.42 Å². The molecular formula is C13H19NO3S. The summed E-state index contributed by atoms with van der Waals surface area (Å²) in [5.74, 6) is 0. The molecule has 0 amide bonds. The number of hydrogen-bond donors (Lipinski definition) is 0. The van der Waals surface area contributed by atoms with Crippen molar-refractivity contribution in [3.63, 3.8) is 0 Å². The van der Waals surface area contributed by atoms with E-state index in [1.165, 1.54) is 16.1 Å². The summed E-state index contributed by atoms with van der Waals surface area (Å²) in [4.78, 5) is 0. The highest BCUT2D eigenvalue weighted by Gasteiger charge is 2.28. The number of sulfonamides is 1. The van der Waals surface area contributed by atoms with E-state index in [1.807, 2.05) is 26.0 Å². The molecule has 1 heterocycles. The van der Waals surface area contributed by atoms with Gasteiger partial charge in [-0.1, -0.05) is 23.8 Å². The first-order valence-electron chi connectivity index (χ1n) is 6.02. The van der Waals surface area contributed by atoms with Gasteiger partial charge in [0.1, 0.15) is 0 Å². The Labute approximate surface area is 109 Å². The van der Waals surface area contributed by atoms with Gasteiger partial charge in [0.15, 0.2) is 0 Å². The van der Waals surface area contributed by atoms with Gasteiger partial charge in [0, 0.05) is 13.1 Å². The van der Waals surface area contributed by atoms with Crippen LogP contribution in [0.4, 0.5) is 0 Å². The third-order valence-corrected chi connectivity index (χ3v) is 4.54. The van der Waals surface area contributed by atoms with Crippen molar-refractivity contribution in [2.75, 3.05) is 26.0 Å². The molecule has 0 aliphatic carbocycles. The maximum absolute atomic E-state index is 11.6. The lowest BCUT2D eigenvalue weighted by molar-refractivity contribution is -0.00268. The Kier molecular flexibility index (Phi) is 3.75. The van der Waals surface area contributed by atoms with Crippen molar-refractivity contribution in [1.82, 2.24) is 4.31 Å². The van der Waals surface area contributed by atoms with Gasteiger partial charge in [0.25, 0.3) is 0 Å². The van der Waals surface area contributed by atoms with Crippen molar-refractivity contribution in [2.45, 2.75) is 20.0 Å². The van der Waals surface area contributed by atoms with Crippen LogP contribution in [-0.4, -0.2) is 38.7 Å². The van der Waals surface area contributed by atoms with E-state index < -0.39 is 10.0 Å². The zero-order valence-electron chi connectivity index (χ0n) is 11.0. The highest BCUT2D eigenvalue weighted by Crippen LogP contribution is 2.26. The Morgan fingerprint density at radius 2 is 2.06 bits per heavy atom. The third-order valence-electron chi connectivity index (χ3n) is 3.27. The van der Waals surface area contributed by atoms with Gasteiger partial charge >= 0.3 is 0 Å². The summed E-state index contributed by atoms with van der Waals surface area (Å²) in [6.07, 6.45) is 1.09. The van der Waals surface area contributed by atoms with Gasteiger partial charge < -0.3 is 4.74 Å². The second-order valence-corrected chi connectivity index (χ2v) is 6.82. The molecule has 0 aromatic heterocycles. The fourth-order valence-corrected chi connectivity index (χ4v) is 3.11. The van der Waals surface area contributed by atoms with E-state index >= 15 is 0 Å². The molecule has 0 spiro atoms. The first-order valence-corrected chi connectivity index (χ1v) is 7.86. The number of nitrogens with zero attached hydrogens (tertiary/aromatic N) is 1. The van der Waals surface area contributed by atoms with Crippen molar-refractivity contribution in [3.8, 4) is 0 Å². The van der Waals surface area contributed by atoms with Gasteiger partial charge in [0.05, 0.1) is 19.0 Å². The van der Waals surface area contributed by atoms with Gasteiger partial charge in [-0.2, -0.15) is 4.31 Å². The van der Waals surface area contributed by atoms with Crippen molar-refractivity contribution in [2.24, 2.45) is 0 Å². The Hall–Kier alpha value is -0.910. The Morgan fingerprint density at radius 3 is 2.67 bits per heavy atom. The average molecular weight is 269 g/mol. The molecule has 1 aliphatic heterocycles. The minimum Gasteiger partial charge on any atom is -0.371 e. The molecule has 18 heavy (non-hydrogen) atoms. The van der Waals surface area contributed by atoms with Gasteiger partial charge in [-0.05, 0) is 25.0 Å². The fourth-order valence-electron chi connectivity index (χ4n) is 2.30. The summed E-state index contributed by atoms with van der Waals surface area (Å²) in [5.41, 5.74) is 3.43. The number of benzene rings is 1. The average Bonchev–Trinajstić information content (AvgIpc) is 2.28. The van der Waals surface area contributed by atoms with Crippen LogP contribution in [0.5, 0.6) is 0 Å². The molecule has 1 unspecified atom stereocenters. The van der Waals surface area contributed by atoms with E-state index in [-0.39, 0.29) is 6.10 Å². The lowest BCUT2D eigenvalue weighted by atomic mass is 10.0. The summed E-state index contributed by atoms with van der Waals surface area (Å²) in [6, 6.07) is 6.16. The van der Waals surface area contributed by atoms with Crippen LogP contribution in [0.2, 0.25) is 0 Å². The predicted molar refractivity (Wildman–Crippen MR) is 71.0 cm³/mol. The highest BCUT2D eigenvalue weighted by molar-refractivity contribution is 7.88. The molecular weight excluding hydrogens is 250 g/mol. The monoisotopic (exact) mass is 269 g/mol. The summed E-state index contributed by atoms with van der Waals surface area (Å²) in [7, 11) is -3.13. The Morgan fingerprint density at radius 1 is 1.33 bits per heavy atom. The lowest BCUT2D eigenvalue weighted by Crippen LogP contribution is -2.41. The Bertz CT molecular complexity index is 539. The molecule has 1 aliphatic rings. The van der Waals surface area contributed by atoms with Crippen LogP contribution in [0.3, 0.4) is 0 Å². The first kappa shape index (κ1) is 13.5. The fraction of sp³-hybridized carbons (Fsp3) is 0.538. The van der Waals surface area contributed by atoms with Gasteiger partial charge in [0.2, 0.25) is 10.0 Å². The second-order valence-electron chi connectivity index (χ2n) is 4.84. The second kappa shape index (κ2) is 4.99. The van der Waals surface area contributed by atoms with Crippen LogP contribution in [0.25, 0.3) is 0 Å². The molecule has 1 saturated heterocycles. The predicted octanol–water partition coefficient (Wildman–Crippen LogP) is 1.64. The topological polar surface area (TPSA) is 46.6 Å². The van der Waals surface area contributed by atoms with Crippen LogP contribution >= 0.6 is 0 Å². The first-order chi connectivity index (χ1) is 8.38. The van der Waals surface area contributed by atoms with Gasteiger partial charge in [-0.15, -0.1) is 0 Å².